The van der Waals surface area contributed by atoms with Crippen LogP contribution in [0.5, 0.6) is 0 Å². The summed E-state index contributed by atoms with van der Waals surface area (Å²) in [4.78, 5) is 34.4. The van der Waals surface area contributed by atoms with Gasteiger partial charge in [0.2, 0.25) is 5.91 Å². The topological polar surface area (TPSA) is 83.9 Å². The first kappa shape index (κ1) is 16.4. The van der Waals surface area contributed by atoms with Crippen molar-refractivity contribution in [3.8, 4) is 0 Å². The van der Waals surface area contributed by atoms with Gasteiger partial charge in [0, 0.05) is 26.4 Å². The largest absolute Gasteiger partial charge is 0.481 e. The van der Waals surface area contributed by atoms with Gasteiger partial charge in [0.15, 0.2) is 0 Å². The predicted octanol–water partition coefficient (Wildman–Crippen LogP) is 1.04. The number of ether oxygens (including phenoxy) is 1. The molecule has 0 saturated heterocycles. The summed E-state index contributed by atoms with van der Waals surface area (Å²) in [6.45, 7) is 2.40. The molecule has 0 radical (unpaired) electrons. The molecule has 0 aliphatic carbocycles. The molecule has 0 aromatic rings. The van der Waals surface area contributed by atoms with Gasteiger partial charge in [-0.2, -0.15) is 0 Å². The number of hydrogen-bond acceptors (Lipinski definition) is 4. The van der Waals surface area contributed by atoms with Crippen LogP contribution in [0.25, 0.3) is 0 Å². The van der Waals surface area contributed by atoms with E-state index in [2.05, 4.69) is 0 Å². The smallest absolute Gasteiger partial charge is 0.307 e. The number of aliphatic carboxylic acids is 1. The van der Waals surface area contributed by atoms with Gasteiger partial charge in [0.1, 0.15) is 0 Å². The van der Waals surface area contributed by atoms with Crippen LogP contribution in [0.1, 0.15) is 39.0 Å². The van der Waals surface area contributed by atoms with Crippen molar-refractivity contribution in [1.82, 2.24) is 4.90 Å². The SMILES string of the molecule is CCOC(=O)CCN(C)C(=O)CCCCC(=O)O. The second-order valence-corrected chi connectivity index (χ2v) is 3.97. The van der Waals surface area contributed by atoms with Gasteiger partial charge in [-0.25, -0.2) is 0 Å². The lowest BCUT2D eigenvalue weighted by Gasteiger charge is -2.16. The second kappa shape index (κ2) is 9.44. The lowest BCUT2D eigenvalue weighted by Crippen LogP contribution is -2.29. The average molecular weight is 259 g/mol. The fraction of sp³-hybridized carbons (Fsp3) is 0.750. The Morgan fingerprint density at radius 1 is 1.11 bits per heavy atom. The molecule has 0 saturated carbocycles. The molecule has 0 aromatic carbocycles. The quantitative estimate of drug-likeness (QED) is 0.494. The number of nitrogens with zero attached hydrogens (tertiary/aromatic N) is 1. The van der Waals surface area contributed by atoms with Crippen LogP contribution < -0.4 is 0 Å². The maximum atomic E-state index is 11.6. The zero-order valence-electron chi connectivity index (χ0n) is 11.0. The van der Waals surface area contributed by atoms with Crippen molar-refractivity contribution in [1.29, 1.82) is 0 Å². The molecule has 0 spiro atoms. The molecule has 18 heavy (non-hydrogen) atoms. The highest BCUT2D eigenvalue weighted by molar-refractivity contribution is 5.77. The molecule has 0 atom stereocenters. The first-order valence-corrected chi connectivity index (χ1v) is 6.08. The van der Waals surface area contributed by atoms with Crippen LogP contribution in [0.3, 0.4) is 0 Å². The van der Waals surface area contributed by atoms with Crippen molar-refractivity contribution in [2.24, 2.45) is 0 Å². The average Bonchev–Trinajstić information content (AvgIpc) is 2.31. The molecule has 0 bridgehead atoms. The fourth-order valence-electron chi connectivity index (χ4n) is 1.36. The van der Waals surface area contributed by atoms with Gasteiger partial charge < -0.3 is 14.7 Å². The van der Waals surface area contributed by atoms with Gasteiger partial charge in [-0.3, -0.25) is 14.4 Å². The Hall–Kier alpha value is -1.59. The van der Waals surface area contributed by atoms with E-state index in [0.717, 1.165) is 0 Å². The van der Waals surface area contributed by atoms with E-state index in [4.69, 9.17) is 9.84 Å². The molecular weight excluding hydrogens is 238 g/mol. The first-order chi connectivity index (χ1) is 8.47. The van der Waals surface area contributed by atoms with E-state index in [-0.39, 0.29) is 24.7 Å². The standard InChI is InChI=1S/C12H21NO5/c1-3-18-12(17)8-9-13(2)10(14)6-4-5-7-11(15)16/h3-9H2,1-2H3,(H,15,16). The molecule has 6 nitrogen and oxygen atoms in total. The van der Waals surface area contributed by atoms with Crippen LogP contribution in [0.2, 0.25) is 0 Å². The maximum absolute atomic E-state index is 11.6. The monoisotopic (exact) mass is 259 g/mol. The van der Waals surface area contributed by atoms with E-state index in [0.29, 0.717) is 32.4 Å². The van der Waals surface area contributed by atoms with Crippen molar-refractivity contribution >= 4 is 17.8 Å². The molecule has 0 unspecified atom stereocenters. The number of esters is 1. The Morgan fingerprint density at radius 2 is 1.72 bits per heavy atom. The molecular formula is C12H21NO5. The zero-order valence-corrected chi connectivity index (χ0v) is 11.0. The van der Waals surface area contributed by atoms with E-state index >= 15 is 0 Å². The van der Waals surface area contributed by atoms with Gasteiger partial charge in [0.05, 0.1) is 13.0 Å². The van der Waals surface area contributed by atoms with Crippen LogP contribution in [0.15, 0.2) is 0 Å². The first-order valence-electron chi connectivity index (χ1n) is 6.08. The number of unbranched alkanes of at least 4 members (excludes halogenated alkanes) is 1. The Bertz CT molecular complexity index is 290. The van der Waals surface area contributed by atoms with E-state index < -0.39 is 5.97 Å². The van der Waals surface area contributed by atoms with Gasteiger partial charge >= 0.3 is 11.9 Å². The third-order valence-corrected chi connectivity index (χ3v) is 2.41. The number of carbonyl (C=O) groups excluding carboxylic acids is 2. The normalized spacial score (nSPS) is 9.89. The summed E-state index contributed by atoms with van der Waals surface area (Å²) in [6.07, 6.45) is 1.62. The van der Waals surface area contributed by atoms with Crippen molar-refractivity contribution in [3.63, 3.8) is 0 Å². The maximum Gasteiger partial charge on any atom is 0.307 e. The van der Waals surface area contributed by atoms with Crippen LogP contribution in [0.4, 0.5) is 0 Å². The molecule has 0 aliphatic heterocycles. The minimum absolute atomic E-state index is 0.0790. The number of carbonyl (C=O) groups is 3. The summed E-state index contributed by atoms with van der Waals surface area (Å²) in [6, 6.07) is 0. The molecule has 0 heterocycles. The predicted molar refractivity (Wildman–Crippen MR) is 65.0 cm³/mol. The number of amides is 1. The van der Waals surface area contributed by atoms with Crippen molar-refractivity contribution < 1.29 is 24.2 Å². The molecule has 1 amide bonds. The minimum atomic E-state index is -0.849. The lowest BCUT2D eigenvalue weighted by atomic mass is 10.2. The van der Waals surface area contributed by atoms with E-state index in [1.165, 1.54) is 4.90 Å². The molecule has 1 N–H and O–H groups in total. The molecule has 0 aromatic heterocycles. The zero-order chi connectivity index (χ0) is 14.0. The number of rotatable bonds is 9. The molecule has 104 valence electrons. The van der Waals surface area contributed by atoms with Gasteiger partial charge in [-0.15, -0.1) is 0 Å². The Labute approximate surface area is 107 Å². The van der Waals surface area contributed by atoms with Gasteiger partial charge in [0.25, 0.3) is 0 Å². The molecule has 0 aliphatic rings. The third kappa shape index (κ3) is 8.55. The van der Waals surface area contributed by atoms with Crippen LogP contribution in [-0.4, -0.2) is 48.1 Å². The summed E-state index contributed by atoms with van der Waals surface area (Å²) in [7, 11) is 1.62. The summed E-state index contributed by atoms with van der Waals surface area (Å²) in [5.41, 5.74) is 0. The number of carboxylic acids is 1. The fourth-order valence-corrected chi connectivity index (χ4v) is 1.36. The summed E-state index contributed by atoms with van der Waals surface area (Å²) < 4.78 is 4.75. The Balaban J connectivity index is 3.69. The molecule has 0 rings (SSSR count). The molecule has 6 heteroatoms. The van der Waals surface area contributed by atoms with E-state index in [1.54, 1.807) is 14.0 Å². The number of hydrogen-bond donors (Lipinski definition) is 1. The third-order valence-electron chi connectivity index (χ3n) is 2.41. The van der Waals surface area contributed by atoms with Crippen LogP contribution >= 0.6 is 0 Å². The number of carboxylic acid groups (broad SMARTS) is 1. The van der Waals surface area contributed by atoms with Crippen molar-refractivity contribution in [2.45, 2.75) is 39.0 Å². The van der Waals surface area contributed by atoms with Gasteiger partial charge in [-0.05, 0) is 19.8 Å². The summed E-state index contributed by atoms with van der Waals surface area (Å²) in [5.74, 6) is -1.24. The van der Waals surface area contributed by atoms with E-state index in [9.17, 15) is 14.4 Å². The Kier molecular flexibility index (Phi) is 8.61. The second-order valence-electron chi connectivity index (χ2n) is 3.97. The minimum Gasteiger partial charge on any atom is -0.481 e. The van der Waals surface area contributed by atoms with Crippen molar-refractivity contribution in [2.75, 3.05) is 20.2 Å². The highest BCUT2D eigenvalue weighted by atomic mass is 16.5. The van der Waals surface area contributed by atoms with Crippen molar-refractivity contribution in [3.05, 3.63) is 0 Å². The highest BCUT2D eigenvalue weighted by Gasteiger charge is 2.11. The highest BCUT2D eigenvalue weighted by Crippen LogP contribution is 2.03. The Morgan fingerprint density at radius 3 is 2.28 bits per heavy atom. The summed E-state index contributed by atoms with van der Waals surface area (Å²) >= 11 is 0. The van der Waals surface area contributed by atoms with Crippen LogP contribution in [0, 0.1) is 0 Å². The lowest BCUT2D eigenvalue weighted by molar-refractivity contribution is -0.144. The molecule has 0 fully saturated rings. The summed E-state index contributed by atoms with van der Waals surface area (Å²) in [5, 5.41) is 8.44. The van der Waals surface area contributed by atoms with Crippen LogP contribution in [-0.2, 0) is 19.1 Å². The van der Waals surface area contributed by atoms with E-state index in [1.807, 2.05) is 0 Å². The van der Waals surface area contributed by atoms with Gasteiger partial charge in [-0.1, -0.05) is 0 Å².